The van der Waals surface area contributed by atoms with Crippen molar-refractivity contribution in [3.63, 3.8) is 0 Å². The normalized spacial score (nSPS) is 11.8. The number of nitrogens with two attached hydrogens (primary N) is 1. The monoisotopic (exact) mass is 431 g/mol. The second kappa shape index (κ2) is 9.18. The van der Waals surface area contributed by atoms with E-state index in [4.69, 9.17) is 44.0 Å². The molecule has 2 aromatic carbocycles. The zero-order valence-corrected chi connectivity index (χ0v) is 16.4. The molecule has 150 valence electrons. The van der Waals surface area contributed by atoms with Crippen molar-refractivity contribution < 1.29 is 23.0 Å². The maximum absolute atomic E-state index is 14.3. The van der Waals surface area contributed by atoms with Gasteiger partial charge in [0.15, 0.2) is 6.10 Å². The minimum atomic E-state index is -1.61. The molecule has 0 radical (unpaired) electrons. The minimum absolute atomic E-state index is 0.0406. The number of amidine groups is 1. The molecule has 0 fully saturated rings. The van der Waals surface area contributed by atoms with Crippen LogP contribution in [0.4, 0.5) is 8.78 Å². The number of hydrogen-bond acceptors (Lipinski definition) is 4. The van der Waals surface area contributed by atoms with Gasteiger partial charge in [-0.1, -0.05) is 23.7 Å². The molecule has 0 aliphatic rings. The van der Waals surface area contributed by atoms with E-state index in [-0.39, 0.29) is 23.2 Å². The van der Waals surface area contributed by atoms with Crippen LogP contribution in [0.3, 0.4) is 0 Å². The third-order valence-corrected chi connectivity index (χ3v) is 4.56. The molecule has 0 aromatic heterocycles. The lowest BCUT2D eigenvalue weighted by atomic mass is 10.1. The molecule has 0 bridgehead atoms. The van der Waals surface area contributed by atoms with Gasteiger partial charge < -0.3 is 15.2 Å². The van der Waals surface area contributed by atoms with Crippen molar-refractivity contribution >= 4 is 35.1 Å². The van der Waals surface area contributed by atoms with E-state index in [1.165, 1.54) is 25.3 Å². The molecule has 0 spiro atoms. The smallest absolute Gasteiger partial charge is 0.271 e. The van der Waals surface area contributed by atoms with E-state index in [2.05, 4.69) is 0 Å². The first-order chi connectivity index (χ1) is 13.2. The third-order valence-electron chi connectivity index (χ3n) is 3.92. The van der Waals surface area contributed by atoms with Crippen LogP contribution in [0, 0.1) is 17.0 Å². The molecule has 1 amide bonds. The van der Waals surface area contributed by atoms with Crippen LogP contribution in [-0.4, -0.2) is 30.4 Å². The molecule has 0 saturated carbocycles. The Labute approximate surface area is 170 Å². The van der Waals surface area contributed by atoms with E-state index in [9.17, 15) is 13.6 Å². The summed E-state index contributed by atoms with van der Waals surface area (Å²) in [6, 6.07) is 6.40. The molecule has 10 heteroatoms. The molecule has 0 heterocycles. The fraction of sp³-hybridized carbons (Fsp3) is 0.222. The van der Waals surface area contributed by atoms with Crippen LogP contribution in [-0.2, 0) is 16.1 Å². The molecule has 1 atom stereocenters. The molecular formula is C18H17Cl2F2N3O3. The molecule has 6 nitrogen and oxygen atoms in total. The van der Waals surface area contributed by atoms with Crippen molar-refractivity contribution in [1.82, 2.24) is 4.42 Å². The number of nitrogen functional groups attached to an aromatic ring is 1. The van der Waals surface area contributed by atoms with Gasteiger partial charge in [0, 0.05) is 41.6 Å². The molecule has 28 heavy (non-hydrogen) atoms. The summed E-state index contributed by atoms with van der Waals surface area (Å²) in [7, 11) is 2.39. The lowest BCUT2D eigenvalue weighted by Gasteiger charge is -2.22. The summed E-state index contributed by atoms with van der Waals surface area (Å²) in [6.45, 7) is -0.170. The van der Waals surface area contributed by atoms with E-state index in [1.807, 2.05) is 0 Å². The average molecular weight is 432 g/mol. The van der Waals surface area contributed by atoms with Gasteiger partial charge >= 0.3 is 0 Å². The van der Waals surface area contributed by atoms with Crippen LogP contribution in [0.25, 0.3) is 0 Å². The summed E-state index contributed by atoms with van der Waals surface area (Å²) in [5, 5.41) is 7.61. The first-order valence-electron chi connectivity index (χ1n) is 7.85. The standard InChI is InChI=1S/C18H17Cl2F2N3O3/c1-27-11-6-13(21)15(14(22)7-11)16(28-2)18(26)25(20)8-10-4-3-9(17(23)24)5-12(10)19/h3-7,16H,8H2,1-2H3,(H3,23,24). The van der Waals surface area contributed by atoms with Gasteiger partial charge in [-0.3, -0.25) is 10.2 Å². The molecular weight excluding hydrogens is 415 g/mol. The van der Waals surface area contributed by atoms with Gasteiger partial charge in [0.2, 0.25) is 0 Å². The van der Waals surface area contributed by atoms with E-state index in [1.54, 1.807) is 0 Å². The topological polar surface area (TPSA) is 88.6 Å². The largest absolute Gasteiger partial charge is 0.497 e. The lowest BCUT2D eigenvalue weighted by molar-refractivity contribution is -0.138. The zero-order valence-electron chi connectivity index (χ0n) is 14.9. The van der Waals surface area contributed by atoms with E-state index in [0.717, 1.165) is 19.2 Å². The molecule has 0 saturated heterocycles. The van der Waals surface area contributed by atoms with E-state index < -0.39 is 29.2 Å². The Bertz CT molecular complexity index is 889. The third kappa shape index (κ3) is 4.70. The fourth-order valence-corrected chi connectivity index (χ4v) is 2.93. The van der Waals surface area contributed by atoms with Crippen LogP contribution in [0.5, 0.6) is 5.75 Å². The Kier molecular flexibility index (Phi) is 7.17. The Morgan fingerprint density at radius 1 is 1.25 bits per heavy atom. The van der Waals surface area contributed by atoms with Gasteiger partial charge in [0.25, 0.3) is 5.91 Å². The predicted molar refractivity (Wildman–Crippen MR) is 102 cm³/mol. The summed E-state index contributed by atoms with van der Waals surface area (Å²) in [6.07, 6.45) is -1.61. The number of methoxy groups -OCH3 is 2. The fourth-order valence-electron chi connectivity index (χ4n) is 2.47. The molecule has 1 unspecified atom stereocenters. The highest BCUT2D eigenvalue weighted by Crippen LogP contribution is 2.30. The number of benzene rings is 2. The van der Waals surface area contributed by atoms with Gasteiger partial charge in [-0.05, 0) is 11.6 Å². The summed E-state index contributed by atoms with van der Waals surface area (Å²) in [5.74, 6) is -3.12. The van der Waals surface area contributed by atoms with Gasteiger partial charge in [-0.2, -0.15) is 0 Å². The lowest BCUT2D eigenvalue weighted by Crippen LogP contribution is -2.30. The number of rotatable bonds is 7. The van der Waals surface area contributed by atoms with Gasteiger partial charge in [-0.15, -0.1) is 0 Å². The molecule has 2 aromatic rings. The first kappa shape index (κ1) is 21.9. The highest BCUT2D eigenvalue weighted by Gasteiger charge is 2.31. The second-order valence-corrected chi connectivity index (χ2v) is 6.51. The summed E-state index contributed by atoms with van der Waals surface area (Å²) in [4.78, 5) is 12.6. The summed E-state index contributed by atoms with van der Waals surface area (Å²) in [5.41, 5.74) is 5.65. The summed E-state index contributed by atoms with van der Waals surface area (Å²) < 4.78 is 39.1. The van der Waals surface area contributed by atoms with Crippen molar-refractivity contribution in [2.24, 2.45) is 5.73 Å². The van der Waals surface area contributed by atoms with Crippen LogP contribution in [0.1, 0.15) is 22.8 Å². The van der Waals surface area contributed by atoms with Gasteiger partial charge in [0.05, 0.1) is 19.2 Å². The van der Waals surface area contributed by atoms with Crippen LogP contribution in [0.15, 0.2) is 30.3 Å². The average Bonchev–Trinajstić information content (AvgIpc) is 2.65. The Morgan fingerprint density at radius 3 is 2.32 bits per heavy atom. The SMILES string of the molecule is COc1cc(F)c(C(OC)C(=O)N(Cl)Cc2ccc(C(=N)N)cc2Cl)c(F)c1. The molecule has 3 N–H and O–H groups in total. The maximum atomic E-state index is 14.3. The first-order valence-corrected chi connectivity index (χ1v) is 8.56. The van der Waals surface area contributed by atoms with Crippen LogP contribution in [0.2, 0.25) is 5.02 Å². The summed E-state index contributed by atoms with van der Waals surface area (Å²) >= 11 is 12.2. The van der Waals surface area contributed by atoms with E-state index >= 15 is 0 Å². The van der Waals surface area contributed by atoms with Crippen molar-refractivity contribution in [2.45, 2.75) is 12.6 Å². The number of ether oxygens (including phenoxy) is 2. The number of carbonyl (C=O) groups excluding carboxylic acids is 1. The van der Waals surface area contributed by atoms with Crippen molar-refractivity contribution in [1.29, 1.82) is 5.41 Å². The second-order valence-electron chi connectivity index (χ2n) is 5.70. The van der Waals surface area contributed by atoms with Gasteiger partial charge in [0.1, 0.15) is 23.2 Å². The maximum Gasteiger partial charge on any atom is 0.271 e. The number of carbonyl (C=O) groups is 1. The number of nitrogens with zero attached hydrogens (tertiary/aromatic N) is 1. The number of nitrogens with one attached hydrogen (secondary N) is 1. The van der Waals surface area contributed by atoms with Crippen LogP contribution >= 0.6 is 23.4 Å². The predicted octanol–water partition coefficient (Wildman–Crippen LogP) is 3.78. The minimum Gasteiger partial charge on any atom is -0.497 e. The van der Waals surface area contributed by atoms with E-state index in [0.29, 0.717) is 15.5 Å². The van der Waals surface area contributed by atoms with Gasteiger partial charge in [-0.25, -0.2) is 13.2 Å². The quantitative estimate of drug-likeness (QED) is 0.396. The van der Waals surface area contributed by atoms with Crippen molar-refractivity contribution in [3.05, 3.63) is 63.7 Å². The number of hydrogen-bond donors (Lipinski definition) is 2. The molecule has 2 rings (SSSR count). The van der Waals surface area contributed by atoms with Crippen LogP contribution < -0.4 is 10.5 Å². The highest BCUT2D eigenvalue weighted by molar-refractivity contribution is 6.32. The number of amides is 1. The Morgan fingerprint density at radius 2 is 1.86 bits per heavy atom. The highest BCUT2D eigenvalue weighted by atomic mass is 35.5. The van der Waals surface area contributed by atoms with Crippen molar-refractivity contribution in [2.75, 3.05) is 14.2 Å². The Balaban J connectivity index is 2.27. The molecule has 0 aliphatic carbocycles. The molecule has 0 aliphatic heterocycles. The number of halogens is 4. The zero-order chi connectivity index (χ0) is 21.0. The van der Waals surface area contributed by atoms with Crippen molar-refractivity contribution in [3.8, 4) is 5.75 Å². The Hall–Kier alpha value is -2.42.